The minimum absolute atomic E-state index is 0. The van der Waals surface area contributed by atoms with Crippen molar-refractivity contribution in [3.8, 4) is 0 Å². The Bertz CT molecular complexity index is 334. The van der Waals surface area contributed by atoms with Crippen molar-refractivity contribution >= 4 is 13.3 Å². The highest BCUT2D eigenvalue weighted by Gasteiger charge is 2.35. The molecule has 1 rings (SSSR count). The van der Waals surface area contributed by atoms with Gasteiger partial charge < -0.3 is 0 Å². The summed E-state index contributed by atoms with van der Waals surface area (Å²) < 4.78 is 73.2. The molecule has 0 aliphatic heterocycles. The molecule has 100 valence electrons. The number of hydrogen-bond donors (Lipinski definition) is 0. The van der Waals surface area contributed by atoms with Crippen LogP contribution in [0.2, 0.25) is 0 Å². The van der Waals surface area contributed by atoms with Gasteiger partial charge in [-0.15, -0.1) is 0 Å². The third-order valence-electron chi connectivity index (χ3n) is 1.44. The van der Waals surface area contributed by atoms with Crippen molar-refractivity contribution < 1.29 is 26.3 Å². The van der Waals surface area contributed by atoms with Crippen molar-refractivity contribution in [3.63, 3.8) is 0 Å². The van der Waals surface area contributed by atoms with Gasteiger partial charge >= 0.3 is 12.4 Å². The fraction of sp³-hybridized carbons (Fsp3) is 0.400. The van der Waals surface area contributed by atoms with Crippen LogP contribution in [-0.4, -0.2) is 7.85 Å². The molecule has 0 amide bonds. The van der Waals surface area contributed by atoms with Crippen molar-refractivity contribution in [1.29, 1.82) is 0 Å². The Kier molecular flexibility index (Phi) is 5.86. The van der Waals surface area contributed by atoms with E-state index < -0.39 is 31.3 Å². The van der Waals surface area contributed by atoms with Gasteiger partial charge in [0.2, 0.25) is 0 Å². The van der Waals surface area contributed by atoms with Crippen LogP contribution in [0.5, 0.6) is 0 Å². The molecule has 0 aromatic heterocycles. The highest BCUT2D eigenvalue weighted by Crippen LogP contribution is 2.34. The van der Waals surface area contributed by atoms with Crippen LogP contribution in [0.3, 0.4) is 0 Å². The molecule has 7 heteroatoms. The lowest BCUT2D eigenvalue weighted by molar-refractivity contribution is -0.142. The van der Waals surface area contributed by atoms with Gasteiger partial charge in [0.15, 0.2) is 0 Å². The molecule has 0 bridgehead atoms. The van der Waals surface area contributed by atoms with Crippen LogP contribution in [0, 0.1) is 0 Å². The summed E-state index contributed by atoms with van der Waals surface area (Å²) >= 11 is 0. The number of halogens is 6. The van der Waals surface area contributed by atoms with Crippen LogP contribution < -0.4 is 5.46 Å². The molecule has 1 aromatic rings. The summed E-state index contributed by atoms with van der Waals surface area (Å²) in [7, 11) is -0.699. The van der Waals surface area contributed by atoms with Crippen LogP contribution in [0.4, 0.5) is 26.3 Å². The monoisotopic (exact) mass is 259 g/mol. The lowest BCUT2D eigenvalue weighted by atomic mass is 9.91. The molecule has 0 nitrogen and oxygen atoms in total. The lowest BCUT2D eigenvalue weighted by Gasteiger charge is -2.14. The van der Waals surface area contributed by atoms with E-state index in [-0.39, 0.29) is 26.4 Å². The molecular weight excluding hydrogens is 245 g/mol. The second-order valence-corrected chi connectivity index (χ2v) is 2.51. The Morgan fingerprint density at radius 3 is 1.24 bits per heavy atom. The Morgan fingerprint density at radius 1 is 0.706 bits per heavy atom. The average molecular weight is 259 g/mol. The van der Waals surface area contributed by atoms with Crippen molar-refractivity contribution in [2.75, 3.05) is 0 Å². The normalized spacial score (nSPS) is 11.5. The van der Waals surface area contributed by atoms with Gasteiger partial charge in [-0.1, -0.05) is 27.0 Å². The standard InChI is InChI=1S/C8H6BF6.2CH4/c9-6-2-4(7(10,11)12)1-5(3-6)8(13,14)15;;/h1-3H,9H3;2*1H4/q-1;;. The number of benzene rings is 1. The van der Waals surface area contributed by atoms with E-state index in [1.807, 2.05) is 0 Å². The van der Waals surface area contributed by atoms with E-state index in [1.165, 1.54) is 0 Å². The van der Waals surface area contributed by atoms with E-state index in [0.29, 0.717) is 0 Å². The van der Waals surface area contributed by atoms with Gasteiger partial charge in [-0.25, -0.2) is 5.46 Å². The minimum atomic E-state index is -4.72. The van der Waals surface area contributed by atoms with Gasteiger partial charge in [0, 0.05) is 0 Å². The van der Waals surface area contributed by atoms with Crippen molar-refractivity contribution in [1.82, 2.24) is 0 Å². The summed E-state index contributed by atoms with van der Waals surface area (Å²) in [5.41, 5.74) is -2.26. The van der Waals surface area contributed by atoms with E-state index in [9.17, 15) is 26.3 Å². The number of alkyl halides is 6. The second kappa shape index (κ2) is 5.47. The Morgan fingerprint density at radius 2 is 1.00 bits per heavy atom. The third kappa shape index (κ3) is 4.71. The maximum absolute atomic E-state index is 12.2. The average Bonchev–Trinajstić information content (AvgIpc) is 1.99. The summed E-state index contributed by atoms with van der Waals surface area (Å²) in [6.07, 6.45) is -9.44. The lowest BCUT2D eigenvalue weighted by Crippen LogP contribution is -2.16. The van der Waals surface area contributed by atoms with Crippen molar-refractivity contribution in [2.45, 2.75) is 27.2 Å². The van der Waals surface area contributed by atoms with Gasteiger partial charge in [0.1, 0.15) is 0 Å². The van der Waals surface area contributed by atoms with Gasteiger partial charge in [-0.05, 0) is 13.9 Å². The minimum Gasteiger partial charge on any atom is -0.220 e. The van der Waals surface area contributed by atoms with Crippen molar-refractivity contribution in [2.24, 2.45) is 0 Å². The first-order valence-corrected chi connectivity index (χ1v) is 3.37. The van der Waals surface area contributed by atoms with Crippen LogP contribution in [0.25, 0.3) is 0 Å². The molecule has 0 saturated heterocycles. The van der Waals surface area contributed by atoms with Crippen LogP contribution in [0.1, 0.15) is 26.0 Å². The molecule has 0 aliphatic rings. The largest absolute Gasteiger partial charge is 0.416 e. The predicted octanol–water partition coefficient (Wildman–Crippen LogP) is 2.99. The summed E-state index contributed by atoms with van der Waals surface area (Å²) in [5.74, 6) is 0. The highest BCUT2D eigenvalue weighted by molar-refractivity contribution is 6.32. The number of rotatable bonds is 0. The zero-order chi connectivity index (χ0) is 11.9. The molecule has 0 saturated carbocycles. The fourth-order valence-corrected chi connectivity index (χ4v) is 0.799. The quantitative estimate of drug-likeness (QED) is 0.496. The first-order chi connectivity index (χ1) is 6.60. The first kappa shape index (κ1) is 18.2. The summed E-state index contributed by atoms with van der Waals surface area (Å²) in [6.45, 7) is 0. The van der Waals surface area contributed by atoms with Crippen LogP contribution in [-0.2, 0) is 12.4 Å². The summed E-state index contributed by atoms with van der Waals surface area (Å²) in [4.78, 5) is 0. The molecule has 0 aliphatic carbocycles. The Hall–Kier alpha value is -1.14. The molecule has 0 N–H and O–H groups in total. The SMILES string of the molecule is C.C.[BH3-]c1cc(C(F)(F)F)cc(C(F)(F)F)c1. The predicted molar refractivity (Wildman–Crippen MR) is 59.5 cm³/mol. The molecule has 0 atom stereocenters. The molecular formula is C10H14BF6-. The van der Waals surface area contributed by atoms with E-state index in [4.69, 9.17) is 0 Å². The number of hydrogen-bond acceptors (Lipinski definition) is 0. The Balaban J connectivity index is 0. The highest BCUT2D eigenvalue weighted by atomic mass is 19.4. The van der Waals surface area contributed by atoms with E-state index in [2.05, 4.69) is 0 Å². The molecule has 17 heavy (non-hydrogen) atoms. The van der Waals surface area contributed by atoms with Crippen LogP contribution in [0.15, 0.2) is 18.2 Å². The first-order valence-electron chi connectivity index (χ1n) is 3.37. The molecule has 0 fully saturated rings. The van der Waals surface area contributed by atoms with E-state index in [1.54, 1.807) is 0 Å². The van der Waals surface area contributed by atoms with E-state index in [0.717, 1.165) is 12.1 Å². The van der Waals surface area contributed by atoms with Gasteiger partial charge in [0.05, 0.1) is 11.1 Å². The molecule has 0 radical (unpaired) electrons. The fourth-order valence-electron chi connectivity index (χ4n) is 0.799. The molecule has 1 aromatic carbocycles. The maximum atomic E-state index is 12.2. The smallest absolute Gasteiger partial charge is 0.220 e. The zero-order valence-electron chi connectivity index (χ0n) is 6.50. The molecule has 0 spiro atoms. The van der Waals surface area contributed by atoms with Crippen LogP contribution >= 0.6 is 0 Å². The topological polar surface area (TPSA) is 0 Å². The Labute approximate surface area is 97.0 Å². The van der Waals surface area contributed by atoms with E-state index >= 15 is 0 Å². The molecule has 0 heterocycles. The van der Waals surface area contributed by atoms with Gasteiger partial charge in [-0.3, -0.25) is 0 Å². The summed E-state index contributed by atoms with van der Waals surface area (Å²) in [5, 5.41) is 0. The second-order valence-electron chi connectivity index (χ2n) is 2.51. The third-order valence-corrected chi connectivity index (χ3v) is 1.44. The van der Waals surface area contributed by atoms with Gasteiger partial charge in [0.25, 0.3) is 0 Å². The van der Waals surface area contributed by atoms with Crippen molar-refractivity contribution in [3.05, 3.63) is 29.3 Å². The van der Waals surface area contributed by atoms with Gasteiger partial charge in [-0.2, -0.15) is 26.3 Å². The summed E-state index contributed by atoms with van der Waals surface area (Å²) in [6, 6.07) is 1.72. The zero-order valence-corrected chi connectivity index (χ0v) is 6.50. The molecule has 0 unspecified atom stereocenters. The maximum Gasteiger partial charge on any atom is 0.416 e.